The molecule has 4 aromatic carbocycles. The molecule has 1 heterocycles. The number of aromatic nitrogens is 1. The summed E-state index contributed by atoms with van der Waals surface area (Å²) in [6.45, 7) is 4.41. The summed E-state index contributed by atoms with van der Waals surface area (Å²) in [4.78, 5) is 0. The highest BCUT2D eigenvalue weighted by molar-refractivity contribution is 5.98. The molecule has 0 unspecified atom stereocenters. The Hall–Kier alpha value is -3.45. The molecule has 0 N–H and O–H groups in total. The number of hydrogen-bond acceptors (Lipinski definition) is 0. The summed E-state index contributed by atoms with van der Waals surface area (Å²) in [6.07, 6.45) is 0. The van der Waals surface area contributed by atoms with E-state index in [0.717, 1.165) is 0 Å². The number of rotatable bonds is 2. The minimum absolute atomic E-state index is 1.25. The van der Waals surface area contributed by atoms with E-state index in [0.29, 0.717) is 0 Å². The lowest BCUT2D eigenvalue weighted by Crippen LogP contribution is -2.35. The van der Waals surface area contributed by atoms with Crippen LogP contribution in [0.2, 0.25) is 0 Å². The summed E-state index contributed by atoms with van der Waals surface area (Å²) in [5, 5.41) is 5.14. The van der Waals surface area contributed by atoms with Crippen molar-refractivity contribution in [1.29, 1.82) is 0 Å². The second-order valence-corrected chi connectivity index (χ2v) is 7.88. The third-order valence-electron chi connectivity index (χ3n) is 5.99. The Morgan fingerprint density at radius 3 is 2.03 bits per heavy atom. The molecule has 29 heavy (non-hydrogen) atoms. The fraction of sp³-hybridized carbons (Fsp3) is 0.107. The monoisotopic (exact) mass is 374 g/mol. The van der Waals surface area contributed by atoms with Crippen LogP contribution in [0.5, 0.6) is 0 Å². The van der Waals surface area contributed by atoms with Crippen molar-refractivity contribution in [2.45, 2.75) is 13.8 Å². The fourth-order valence-electron chi connectivity index (χ4n) is 4.32. The Morgan fingerprint density at radius 1 is 0.586 bits per heavy atom. The Labute approximate surface area is 171 Å². The molecule has 1 nitrogen and oxygen atoms in total. The van der Waals surface area contributed by atoms with Crippen molar-refractivity contribution in [2.75, 3.05) is 0 Å². The summed E-state index contributed by atoms with van der Waals surface area (Å²) in [7, 11) is 2.17. The van der Waals surface area contributed by atoms with Gasteiger partial charge in [0.15, 0.2) is 5.69 Å². The molecule has 0 amide bonds. The van der Waals surface area contributed by atoms with Crippen LogP contribution in [-0.2, 0) is 7.05 Å². The van der Waals surface area contributed by atoms with Gasteiger partial charge in [-0.05, 0) is 58.0 Å². The van der Waals surface area contributed by atoms with Gasteiger partial charge in [0, 0.05) is 13.0 Å². The van der Waals surface area contributed by atoms with Crippen molar-refractivity contribution in [2.24, 2.45) is 7.05 Å². The Morgan fingerprint density at radius 2 is 1.28 bits per heavy atom. The molecule has 0 spiro atoms. The van der Waals surface area contributed by atoms with Crippen LogP contribution in [0.1, 0.15) is 11.3 Å². The third kappa shape index (κ3) is 3.00. The van der Waals surface area contributed by atoms with E-state index in [-0.39, 0.29) is 0 Å². The van der Waals surface area contributed by atoms with Gasteiger partial charge in [0.25, 0.3) is 0 Å². The number of fused-ring (bicyclic) bond motifs is 2. The lowest BCUT2D eigenvalue weighted by atomic mass is 9.94. The number of benzene rings is 4. The summed E-state index contributed by atoms with van der Waals surface area (Å²) in [5.41, 5.74) is 7.65. The van der Waals surface area contributed by atoms with Gasteiger partial charge < -0.3 is 0 Å². The van der Waals surface area contributed by atoms with E-state index in [4.69, 9.17) is 0 Å². The quantitative estimate of drug-likeness (QED) is 0.300. The van der Waals surface area contributed by atoms with Crippen molar-refractivity contribution in [3.63, 3.8) is 0 Å². The largest absolute Gasteiger partial charge is 0.220 e. The molecule has 0 bridgehead atoms. The van der Waals surface area contributed by atoms with E-state index in [9.17, 15) is 0 Å². The molecule has 0 aliphatic heterocycles. The highest BCUT2D eigenvalue weighted by Gasteiger charge is 2.20. The minimum Gasteiger partial charge on any atom is -0.198 e. The summed E-state index contributed by atoms with van der Waals surface area (Å²) >= 11 is 0. The smallest absolute Gasteiger partial charge is 0.198 e. The second kappa shape index (κ2) is 6.86. The van der Waals surface area contributed by atoms with E-state index in [1.165, 1.54) is 55.2 Å². The molecule has 5 rings (SSSR count). The number of hydrogen-bond donors (Lipinski definition) is 0. The van der Waals surface area contributed by atoms with Crippen LogP contribution in [0, 0.1) is 13.8 Å². The first-order chi connectivity index (χ1) is 14.1. The van der Waals surface area contributed by atoms with Crippen LogP contribution in [0.3, 0.4) is 0 Å². The van der Waals surface area contributed by atoms with Gasteiger partial charge in [0.05, 0.1) is 10.9 Å². The van der Waals surface area contributed by atoms with Crippen LogP contribution >= 0.6 is 0 Å². The molecule has 0 aliphatic carbocycles. The van der Waals surface area contributed by atoms with Gasteiger partial charge in [-0.3, -0.25) is 0 Å². The van der Waals surface area contributed by atoms with E-state index in [1.54, 1.807) is 0 Å². The van der Waals surface area contributed by atoms with Gasteiger partial charge in [0.2, 0.25) is 5.69 Å². The molecule has 5 aromatic rings. The van der Waals surface area contributed by atoms with Gasteiger partial charge in [-0.1, -0.05) is 66.7 Å². The third-order valence-corrected chi connectivity index (χ3v) is 5.99. The van der Waals surface area contributed by atoms with Crippen LogP contribution in [-0.4, -0.2) is 0 Å². The average molecular weight is 375 g/mol. The Bertz CT molecular complexity index is 1360. The maximum Gasteiger partial charge on any atom is 0.220 e. The molecule has 0 aliphatic rings. The van der Waals surface area contributed by atoms with Crippen LogP contribution in [0.4, 0.5) is 0 Å². The van der Waals surface area contributed by atoms with Gasteiger partial charge in [-0.2, -0.15) is 4.57 Å². The first-order valence-corrected chi connectivity index (χ1v) is 10.1. The molecular weight excluding hydrogens is 350 g/mol. The van der Waals surface area contributed by atoms with Gasteiger partial charge in [-0.15, -0.1) is 0 Å². The van der Waals surface area contributed by atoms with Gasteiger partial charge in [0.1, 0.15) is 7.05 Å². The Kier molecular flexibility index (Phi) is 4.17. The molecular formula is C28H24N+. The van der Waals surface area contributed by atoms with Crippen molar-refractivity contribution in [3.05, 3.63) is 102 Å². The lowest BCUT2D eigenvalue weighted by molar-refractivity contribution is -0.665. The van der Waals surface area contributed by atoms with Gasteiger partial charge >= 0.3 is 0 Å². The first kappa shape index (κ1) is 17.6. The molecule has 140 valence electrons. The Balaban J connectivity index is 1.80. The zero-order valence-corrected chi connectivity index (χ0v) is 17.1. The predicted molar refractivity (Wildman–Crippen MR) is 123 cm³/mol. The molecule has 0 fully saturated rings. The molecule has 0 saturated heterocycles. The van der Waals surface area contributed by atoms with E-state index < -0.39 is 0 Å². The van der Waals surface area contributed by atoms with Crippen molar-refractivity contribution in [3.8, 4) is 22.4 Å². The maximum atomic E-state index is 2.34. The average Bonchev–Trinajstić information content (AvgIpc) is 2.75. The zero-order valence-electron chi connectivity index (χ0n) is 17.1. The maximum absolute atomic E-state index is 2.34. The van der Waals surface area contributed by atoms with Crippen LogP contribution in [0.25, 0.3) is 43.9 Å². The minimum atomic E-state index is 1.25. The molecule has 0 radical (unpaired) electrons. The molecule has 0 saturated carbocycles. The van der Waals surface area contributed by atoms with E-state index in [2.05, 4.69) is 116 Å². The normalized spacial score (nSPS) is 11.3. The summed E-state index contributed by atoms with van der Waals surface area (Å²) in [6, 6.07) is 33.0. The molecule has 0 atom stereocenters. The standard InChI is InChI=1S/C28H24N/c1-19-15-22-11-7-8-12-23(22)18-27(19)28-26-14-13-24(21-9-5-4-6-10-21)17-25(26)16-20(2)29(28)3/h4-18H,1-3H3/q+1. The predicted octanol–water partition coefficient (Wildman–Crippen LogP) is 6.77. The second-order valence-electron chi connectivity index (χ2n) is 7.88. The first-order valence-electron chi connectivity index (χ1n) is 10.1. The van der Waals surface area contributed by atoms with Crippen LogP contribution < -0.4 is 4.57 Å². The van der Waals surface area contributed by atoms with E-state index in [1.807, 2.05) is 0 Å². The van der Waals surface area contributed by atoms with Crippen molar-refractivity contribution < 1.29 is 4.57 Å². The van der Waals surface area contributed by atoms with Gasteiger partial charge in [-0.25, -0.2) is 0 Å². The fourth-order valence-corrected chi connectivity index (χ4v) is 4.32. The summed E-state index contributed by atoms with van der Waals surface area (Å²) < 4.78 is 2.32. The number of aryl methyl sites for hydroxylation is 2. The number of nitrogens with zero attached hydrogens (tertiary/aromatic N) is 1. The highest BCUT2D eigenvalue weighted by atomic mass is 14.9. The highest BCUT2D eigenvalue weighted by Crippen LogP contribution is 2.33. The van der Waals surface area contributed by atoms with E-state index >= 15 is 0 Å². The van der Waals surface area contributed by atoms with Crippen molar-refractivity contribution in [1.82, 2.24) is 0 Å². The SMILES string of the molecule is Cc1cc2ccccc2cc1-c1c2ccc(-c3ccccc3)cc2cc(C)[n+]1C. The van der Waals surface area contributed by atoms with Crippen LogP contribution in [0.15, 0.2) is 91.0 Å². The summed E-state index contributed by atoms with van der Waals surface area (Å²) in [5.74, 6) is 0. The molecule has 1 heteroatoms. The van der Waals surface area contributed by atoms with Crippen molar-refractivity contribution >= 4 is 21.5 Å². The number of pyridine rings is 1. The molecule has 1 aromatic heterocycles. The topological polar surface area (TPSA) is 3.88 Å². The zero-order chi connectivity index (χ0) is 20.0. The lowest BCUT2D eigenvalue weighted by Gasteiger charge is -2.12.